The Labute approximate surface area is 209 Å². The molecule has 0 aliphatic heterocycles. The summed E-state index contributed by atoms with van der Waals surface area (Å²) in [6.07, 6.45) is 2.09. The van der Waals surface area contributed by atoms with Crippen molar-refractivity contribution in [1.82, 2.24) is 15.2 Å². The first-order valence-corrected chi connectivity index (χ1v) is 12.1. The Morgan fingerprint density at radius 3 is 2.47 bits per heavy atom. The van der Waals surface area contributed by atoms with Crippen LogP contribution in [0.3, 0.4) is 0 Å². The molecule has 4 N–H and O–H groups in total. The van der Waals surface area contributed by atoms with Crippen molar-refractivity contribution in [1.29, 1.82) is 0 Å². The molecule has 1 aliphatic carbocycles. The first-order valence-electron chi connectivity index (χ1n) is 11.3. The summed E-state index contributed by atoms with van der Waals surface area (Å²) >= 11 is 0.962. The lowest BCUT2D eigenvalue weighted by atomic mass is 9.96. The average molecular weight is 512 g/mol. The van der Waals surface area contributed by atoms with Crippen LogP contribution in [0.1, 0.15) is 60.1 Å². The second-order valence-electron chi connectivity index (χ2n) is 9.27. The molecule has 186 valence electrons. The Morgan fingerprint density at radius 2 is 1.89 bits per heavy atom. The number of halogens is 2. The maximum atomic E-state index is 14.9. The van der Waals surface area contributed by atoms with Crippen molar-refractivity contribution < 1.29 is 23.1 Å². The van der Waals surface area contributed by atoms with Gasteiger partial charge in [0, 0.05) is 10.8 Å². The molecule has 0 spiro atoms. The van der Waals surface area contributed by atoms with Crippen LogP contribution in [-0.4, -0.2) is 26.2 Å². The van der Waals surface area contributed by atoms with E-state index in [1.165, 1.54) is 19.9 Å². The van der Waals surface area contributed by atoms with Crippen LogP contribution in [0.25, 0.3) is 21.9 Å². The SMILES string of the molecule is Cc1nc(Nc2sc(-c3c(F)cc(C(C)(C)O)cc3F)cc2C(N)=O)ccc1-c1nnc(C2CC2)o1. The van der Waals surface area contributed by atoms with Crippen molar-refractivity contribution in [2.45, 2.75) is 45.1 Å². The highest BCUT2D eigenvalue weighted by Gasteiger charge is 2.30. The molecule has 1 aromatic carbocycles. The molecule has 8 nitrogen and oxygen atoms in total. The topological polar surface area (TPSA) is 127 Å². The molecule has 1 aliphatic rings. The van der Waals surface area contributed by atoms with Crippen molar-refractivity contribution in [3.63, 3.8) is 0 Å². The van der Waals surface area contributed by atoms with E-state index >= 15 is 0 Å². The maximum Gasteiger partial charge on any atom is 0.251 e. The molecule has 0 unspecified atom stereocenters. The smallest absolute Gasteiger partial charge is 0.251 e. The predicted octanol–water partition coefficient (Wildman–Crippen LogP) is 5.39. The summed E-state index contributed by atoms with van der Waals surface area (Å²) in [5.41, 5.74) is 5.26. The lowest BCUT2D eigenvalue weighted by Crippen LogP contribution is -2.16. The number of rotatable bonds is 7. The highest BCUT2D eigenvalue weighted by Crippen LogP contribution is 2.41. The number of nitrogens with two attached hydrogens (primary N) is 1. The number of benzene rings is 1. The number of amides is 1. The number of primary amides is 1. The third-order valence-electron chi connectivity index (χ3n) is 5.92. The molecule has 5 rings (SSSR count). The molecular formula is C25H23F2N5O3S. The van der Waals surface area contributed by atoms with Crippen LogP contribution in [0.2, 0.25) is 0 Å². The number of nitrogens with one attached hydrogen (secondary N) is 1. The summed E-state index contributed by atoms with van der Waals surface area (Å²) < 4.78 is 35.6. The van der Waals surface area contributed by atoms with Gasteiger partial charge in [0.15, 0.2) is 0 Å². The van der Waals surface area contributed by atoms with Crippen molar-refractivity contribution in [2.24, 2.45) is 5.73 Å². The summed E-state index contributed by atoms with van der Waals surface area (Å²) in [6.45, 7) is 4.65. The third kappa shape index (κ3) is 4.59. The van der Waals surface area contributed by atoms with Crippen molar-refractivity contribution in [2.75, 3.05) is 5.32 Å². The van der Waals surface area contributed by atoms with E-state index in [4.69, 9.17) is 10.2 Å². The fraction of sp³-hybridized carbons (Fsp3) is 0.280. The first-order chi connectivity index (χ1) is 17.0. The zero-order chi connectivity index (χ0) is 25.8. The first kappa shape index (κ1) is 24.0. The lowest BCUT2D eigenvalue weighted by Gasteiger charge is -2.18. The minimum atomic E-state index is -1.42. The van der Waals surface area contributed by atoms with Crippen molar-refractivity contribution in [3.05, 3.63) is 64.7 Å². The highest BCUT2D eigenvalue weighted by atomic mass is 32.1. The molecule has 1 fully saturated rings. The van der Waals surface area contributed by atoms with Crippen LogP contribution in [0.4, 0.5) is 19.6 Å². The Hall–Kier alpha value is -3.70. The Balaban J connectivity index is 1.46. The second-order valence-corrected chi connectivity index (χ2v) is 10.3. The Morgan fingerprint density at radius 1 is 1.19 bits per heavy atom. The summed E-state index contributed by atoms with van der Waals surface area (Å²) in [7, 11) is 0. The number of anilines is 2. The van der Waals surface area contributed by atoms with Gasteiger partial charge in [0.2, 0.25) is 11.8 Å². The van der Waals surface area contributed by atoms with Gasteiger partial charge in [-0.1, -0.05) is 0 Å². The van der Waals surface area contributed by atoms with Crippen LogP contribution < -0.4 is 11.1 Å². The van der Waals surface area contributed by atoms with Crippen LogP contribution in [0.15, 0.2) is 34.7 Å². The molecule has 3 heterocycles. The molecule has 36 heavy (non-hydrogen) atoms. The molecule has 0 radical (unpaired) electrons. The number of pyridine rings is 1. The second kappa shape index (κ2) is 8.75. The van der Waals surface area contributed by atoms with E-state index in [9.17, 15) is 18.7 Å². The number of aryl methyl sites for hydroxylation is 1. The minimum Gasteiger partial charge on any atom is -0.420 e. The quantitative estimate of drug-likeness (QED) is 0.303. The van der Waals surface area contributed by atoms with Gasteiger partial charge in [-0.2, -0.15) is 0 Å². The van der Waals surface area contributed by atoms with E-state index in [0.717, 1.165) is 36.3 Å². The molecule has 0 bridgehead atoms. The lowest BCUT2D eigenvalue weighted by molar-refractivity contribution is 0.0778. The Bertz CT molecular complexity index is 1460. The molecule has 3 aromatic heterocycles. The highest BCUT2D eigenvalue weighted by molar-refractivity contribution is 7.20. The van der Waals surface area contributed by atoms with Gasteiger partial charge in [-0.25, -0.2) is 13.8 Å². The van der Waals surface area contributed by atoms with E-state index < -0.39 is 23.1 Å². The summed E-state index contributed by atoms with van der Waals surface area (Å²) in [4.78, 5) is 16.8. The monoisotopic (exact) mass is 511 g/mol. The van der Waals surface area contributed by atoms with Crippen molar-refractivity contribution >= 4 is 28.1 Å². The number of nitrogens with zero attached hydrogens (tertiary/aromatic N) is 3. The van der Waals surface area contributed by atoms with Crippen LogP contribution in [0.5, 0.6) is 0 Å². The van der Waals surface area contributed by atoms with E-state index in [1.54, 1.807) is 19.1 Å². The zero-order valence-corrected chi connectivity index (χ0v) is 20.5. The average Bonchev–Trinajstić information content (AvgIpc) is 3.37. The van der Waals surface area contributed by atoms with Gasteiger partial charge in [-0.05, 0) is 69.5 Å². The molecule has 0 saturated heterocycles. The molecule has 1 saturated carbocycles. The molecule has 11 heteroatoms. The molecular weight excluding hydrogens is 488 g/mol. The van der Waals surface area contributed by atoms with E-state index in [2.05, 4.69) is 20.5 Å². The fourth-order valence-electron chi connectivity index (χ4n) is 3.76. The van der Waals surface area contributed by atoms with Crippen LogP contribution >= 0.6 is 11.3 Å². The van der Waals surface area contributed by atoms with E-state index in [1.807, 2.05) is 0 Å². The summed E-state index contributed by atoms with van der Waals surface area (Å²) in [5, 5.41) is 21.6. The van der Waals surface area contributed by atoms with Gasteiger partial charge < -0.3 is 20.6 Å². The molecule has 0 atom stereocenters. The number of aliphatic hydroxyl groups is 1. The maximum absolute atomic E-state index is 14.9. The van der Waals surface area contributed by atoms with E-state index in [0.29, 0.717) is 34.8 Å². The van der Waals surface area contributed by atoms with Gasteiger partial charge >= 0.3 is 0 Å². The van der Waals surface area contributed by atoms with Gasteiger partial charge in [0.25, 0.3) is 5.91 Å². The fourth-order valence-corrected chi connectivity index (χ4v) is 4.88. The van der Waals surface area contributed by atoms with Gasteiger partial charge in [0.1, 0.15) is 22.5 Å². The van der Waals surface area contributed by atoms with Gasteiger partial charge in [-0.3, -0.25) is 4.79 Å². The number of hydrogen-bond acceptors (Lipinski definition) is 8. The van der Waals surface area contributed by atoms with Gasteiger partial charge in [-0.15, -0.1) is 21.5 Å². The molecule has 1 amide bonds. The molecule has 4 aromatic rings. The standard InChI is InChI=1S/C25H23F2N5O3S/c1-11-14(23-32-31-22(35-23)12-4-5-12)6-7-19(29-11)30-24-15(21(28)33)10-18(36-24)20-16(26)8-13(9-17(20)27)25(2,3)34/h6-10,12,34H,4-5H2,1-3H3,(H2,28,33)(H,29,30). The number of carbonyl (C=O) groups is 1. The van der Waals surface area contributed by atoms with Crippen molar-refractivity contribution in [3.8, 4) is 21.9 Å². The summed E-state index contributed by atoms with van der Waals surface area (Å²) in [6, 6.07) is 6.92. The number of aromatic nitrogens is 3. The van der Waals surface area contributed by atoms with Crippen LogP contribution in [0, 0.1) is 18.6 Å². The van der Waals surface area contributed by atoms with Crippen LogP contribution in [-0.2, 0) is 5.60 Å². The largest absolute Gasteiger partial charge is 0.420 e. The number of hydrogen-bond donors (Lipinski definition) is 3. The minimum absolute atomic E-state index is 0.0647. The Kier molecular flexibility index (Phi) is 5.84. The number of thiophene rings is 1. The van der Waals surface area contributed by atoms with Gasteiger partial charge in [0.05, 0.1) is 28.0 Å². The van der Waals surface area contributed by atoms with E-state index in [-0.39, 0.29) is 26.6 Å². The predicted molar refractivity (Wildman–Crippen MR) is 131 cm³/mol. The summed E-state index contributed by atoms with van der Waals surface area (Å²) in [5.74, 6) is -0.752. The zero-order valence-electron chi connectivity index (χ0n) is 19.7. The third-order valence-corrected chi connectivity index (χ3v) is 6.99. The number of carbonyl (C=O) groups excluding carboxylic acids is 1. The normalized spacial score (nSPS) is 13.7.